The van der Waals surface area contributed by atoms with E-state index in [9.17, 15) is 0 Å². The van der Waals surface area contributed by atoms with Crippen molar-refractivity contribution in [2.24, 2.45) is 11.7 Å². The van der Waals surface area contributed by atoms with E-state index in [-0.39, 0.29) is 0 Å². The van der Waals surface area contributed by atoms with E-state index >= 15 is 0 Å². The van der Waals surface area contributed by atoms with E-state index in [0.717, 1.165) is 30.8 Å². The molecule has 0 aliphatic carbocycles. The lowest BCUT2D eigenvalue weighted by Gasteiger charge is -2.14. The summed E-state index contributed by atoms with van der Waals surface area (Å²) in [6.45, 7) is 8.05. The van der Waals surface area contributed by atoms with E-state index < -0.39 is 0 Å². The molecule has 0 fully saturated rings. The predicted octanol–water partition coefficient (Wildman–Crippen LogP) is 2.71. The summed E-state index contributed by atoms with van der Waals surface area (Å²) in [6.07, 6.45) is 1.10. The molecule has 0 amide bonds. The number of anilines is 1. The average Bonchev–Trinajstić information content (AvgIpc) is 2.32. The van der Waals surface area contributed by atoms with Crippen molar-refractivity contribution >= 4 is 5.69 Å². The van der Waals surface area contributed by atoms with Crippen molar-refractivity contribution in [3.8, 4) is 5.75 Å². The largest absolute Gasteiger partial charge is 0.496 e. The maximum absolute atomic E-state index is 5.60. The Morgan fingerprint density at radius 1 is 1.29 bits per heavy atom. The van der Waals surface area contributed by atoms with Crippen LogP contribution < -0.4 is 15.8 Å². The van der Waals surface area contributed by atoms with Gasteiger partial charge in [0, 0.05) is 12.2 Å². The minimum absolute atomic E-state index is 0.571. The van der Waals surface area contributed by atoms with Gasteiger partial charge in [-0.2, -0.15) is 0 Å². The van der Waals surface area contributed by atoms with Crippen LogP contribution >= 0.6 is 0 Å². The normalized spacial score (nSPS) is 12.3. The zero-order valence-corrected chi connectivity index (χ0v) is 11.3. The van der Waals surface area contributed by atoms with Gasteiger partial charge in [-0.05, 0) is 56.0 Å². The van der Waals surface area contributed by atoms with Gasteiger partial charge < -0.3 is 15.8 Å². The van der Waals surface area contributed by atoms with Gasteiger partial charge in [-0.25, -0.2) is 0 Å². The second-order valence-corrected chi connectivity index (χ2v) is 4.69. The molecule has 3 N–H and O–H groups in total. The number of hydrogen-bond donors (Lipinski definition) is 2. The summed E-state index contributed by atoms with van der Waals surface area (Å²) in [6, 6.07) is 4.21. The van der Waals surface area contributed by atoms with Crippen LogP contribution in [-0.2, 0) is 0 Å². The Kier molecular flexibility index (Phi) is 5.29. The molecule has 0 aliphatic rings. The Hall–Kier alpha value is -1.22. The number of hydrogen-bond acceptors (Lipinski definition) is 3. The summed E-state index contributed by atoms with van der Waals surface area (Å²) in [5, 5.41) is 3.46. The van der Waals surface area contributed by atoms with Gasteiger partial charge in [-0.1, -0.05) is 6.92 Å². The molecule has 0 aliphatic heterocycles. The Balaban J connectivity index is 2.62. The lowest BCUT2D eigenvalue weighted by Crippen LogP contribution is -2.15. The van der Waals surface area contributed by atoms with Crippen LogP contribution in [0.15, 0.2) is 12.1 Å². The van der Waals surface area contributed by atoms with Crippen molar-refractivity contribution in [1.29, 1.82) is 0 Å². The first-order valence-electron chi connectivity index (χ1n) is 6.17. The Morgan fingerprint density at radius 3 is 2.59 bits per heavy atom. The summed E-state index contributed by atoms with van der Waals surface area (Å²) < 4.78 is 5.30. The molecular weight excluding hydrogens is 212 g/mol. The Labute approximate surface area is 104 Å². The standard InChI is InChI=1S/C14H24N2O/c1-10(9-15)5-6-16-13-7-12(3)14(17-4)8-11(13)2/h7-8,10,16H,5-6,9,15H2,1-4H3. The number of benzene rings is 1. The molecule has 96 valence electrons. The fourth-order valence-electron chi connectivity index (χ4n) is 1.77. The number of nitrogens with two attached hydrogens (primary N) is 1. The molecule has 1 aromatic rings. The highest BCUT2D eigenvalue weighted by atomic mass is 16.5. The molecule has 1 atom stereocenters. The highest BCUT2D eigenvalue weighted by molar-refractivity contribution is 5.56. The molecule has 0 saturated carbocycles. The lowest BCUT2D eigenvalue weighted by atomic mass is 10.1. The summed E-state index contributed by atoms with van der Waals surface area (Å²) in [7, 11) is 1.71. The molecule has 3 heteroatoms. The Bertz CT molecular complexity index is 363. The summed E-state index contributed by atoms with van der Waals surface area (Å²) >= 11 is 0. The van der Waals surface area contributed by atoms with Gasteiger partial charge in [0.25, 0.3) is 0 Å². The van der Waals surface area contributed by atoms with E-state index in [2.05, 4.69) is 38.2 Å². The molecule has 1 aromatic carbocycles. The predicted molar refractivity (Wildman–Crippen MR) is 73.8 cm³/mol. The van der Waals surface area contributed by atoms with Crippen molar-refractivity contribution < 1.29 is 4.74 Å². The van der Waals surface area contributed by atoms with Crippen molar-refractivity contribution in [2.75, 3.05) is 25.5 Å². The van der Waals surface area contributed by atoms with Crippen LogP contribution in [0.5, 0.6) is 5.75 Å². The number of aryl methyl sites for hydroxylation is 2. The molecule has 1 unspecified atom stereocenters. The molecule has 0 saturated heterocycles. The van der Waals surface area contributed by atoms with Crippen LogP contribution in [0.3, 0.4) is 0 Å². The van der Waals surface area contributed by atoms with E-state index in [1.807, 2.05) is 0 Å². The van der Waals surface area contributed by atoms with Crippen molar-refractivity contribution in [2.45, 2.75) is 27.2 Å². The first-order chi connectivity index (χ1) is 8.08. The van der Waals surface area contributed by atoms with Gasteiger partial charge in [0.2, 0.25) is 0 Å². The fraction of sp³-hybridized carbons (Fsp3) is 0.571. The molecular formula is C14H24N2O. The molecule has 0 spiro atoms. The third-order valence-electron chi connectivity index (χ3n) is 3.10. The quantitative estimate of drug-likeness (QED) is 0.798. The van der Waals surface area contributed by atoms with Gasteiger partial charge in [0.05, 0.1) is 7.11 Å². The van der Waals surface area contributed by atoms with Crippen molar-refractivity contribution in [3.05, 3.63) is 23.3 Å². The van der Waals surface area contributed by atoms with E-state index in [4.69, 9.17) is 10.5 Å². The molecule has 0 heterocycles. The third kappa shape index (κ3) is 3.93. The van der Waals surface area contributed by atoms with Gasteiger partial charge in [-0.15, -0.1) is 0 Å². The SMILES string of the molecule is COc1cc(C)c(NCCC(C)CN)cc1C. The summed E-state index contributed by atoms with van der Waals surface area (Å²) in [4.78, 5) is 0. The highest BCUT2D eigenvalue weighted by Gasteiger charge is 2.05. The Morgan fingerprint density at radius 2 is 2.00 bits per heavy atom. The average molecular weight is 236 g/mol. The smallest absolute Gasteiger partial charge is 0.122 e. The minimum atomic E-state index is 0.571. The van der Waals surface area contributed by atoms with Gasteiger partial charge in [0.15, 0.2) is 0 Å². The molecule has 0 bridgehead atoms. The summed E-state index contributed by atoms with van der Waals surface area (Å²) in [5.74, 6) is 1.52. The topological polar surface area (TPSA) is 47.3 Å². The number of nitrogens with one attached hydrogen (secondary N) is 1. The van der Waals surface area contributed by atoms with Crippen LogP contribution in [0.1, 0.15) is 24.5 Å². The first-order valence-corrected chi connectivity index (χ1v) is 6.17. The second kappa shape index (κ2) is 6.50. The van der Waals surface area contributed by atoms with Crippen molar-refractivity contribution in [3.63, 3.8) is 0 Å². The van der Waals surface area contributed by atoms with Crippen LogP contribution in [0.4, 0.5) is 5.69 Å². The van der Waals surface area contributed by atoms with E-state index in [1.165, 1.54) is 11.3 Å². The molecule has 1 rings (SSSR count). The maximum Gasteiger partial charge on any atom is 0.122 e. The van der Waals surface area contributed by atoms with E-state index in [0.29, 0.717) is 5.92 Å². The number of rotatable bonds is 6. The van der Waals surface area contributed by atoms with E-state index in [1.54, 1.807) is 7.11 Å². The fourth-order valence-corrected chi connectivity index (χ4v) is 1.77. The first kappa shape index (κ1) is 13.8. The minimum Gasteiger partial charge on any atom is -0.496 e. The van der Waals surface area contributed by atoms with Crippen LogP contribution in [0.25, 0.3) is 0 Å². The zero-order chi connectivity index (χ0) is 12.8. The van der Waals surface area contributed by atoms with Crippen LogP contribution in [0, 0.1) is 19.8 Å². The maximum atomic E-state index is 5.60. The van der Waals surface area contributed by atoms with Crippen LogP contribution in [0.2, 0.25) is 0 Å². The molecule has 0 radical (unpaired) electrons. The number of methoxy groups -OCH3 is 1. The summed E-state index contributed by atoms with van der Waals surface area (Å²) in [5.41, 5.74) is 9.16. The molecule has 17 heavy (non-hydrogen) atoms. The molecule has 3 nitrogen and oxygen atoms in total. The number of ether oxygens (including phenoxy) is 1. The van der Waals surface area contributed by atoms with Crippen LogP contribution in [-0.4, -0.2) is 20.2 Å². The second-order valence-electron chi connectivity index (χ2n) is 4.69. The highest BCUT2D eigenvalue weighted by Crippen LogP contribution is 2.25. The van der Waals surface area contributed by atoms with Crippen molar-refractivity contribution in [1.82, 2.24) is 0 Å². The monoisotopic (exact) mass is 236 g/mol. The van der Waals surface area contributed by atoms with Gasteiger partial charge in [0.1, 0.15) is 5.75 Å². The van der Waals surface area contributed by atoms with Gasteiger partial charge >= 0.3 is 0 Å². The molecule has 0 aromatic heterocycles. The zero-order valence-electron chi connectivity index (χ0n) is 11.3. The third-order valence-corrected chi connectivity index (χ3v) is 3.10. The van der Waals surface area contributed by atoms with Gasteiger partial charge in [-0.3, -0.25) is 0 Å². The lowest BCUT2D eigenvalue weighted by molar-refractivity contribution is 0.411.